The normalized spacial score (nSPS) is 18.7. The molecule has 0 fully saturated rings. The van der Waals surface area contributed by atoms with Gasteiger partial charge in [0.1, 0.15) is 6.33 Å². The van der Waals surface area contributed by atoms with E-state index in [1.165, 1.54) is 47.5 Å². The number of halogens is 1. The minimum Gasteiger partial charge on any atom is -0.618 e. The molecule has 0 aliphatic heterocycles. The monoisotopic (exact) mass is 507 g/mol. The number of ketones is 1. The van der Waals surface area contributed by atoms with E-state index < -0.39 is 29.9 Å². The number of pyridine rings is 1. The minimum absolute atomic E-state index is 0.0542. The molecule has 12 heteroatoms. The summed E-state index contributed by atoms with van der Waals surface area (Å²) in [5.41, 5.74) is -0.467. The molecule has 0 bridgehead atoms. The summed E-state index contributed by atoms with van der Waals surface area (Å²) in [6.07, 6.45) is 0.633. The summed E-state index contributed by atoms with van der Waals surface area (Å²) in [6.45, 7) is 0. The van der Waals surface area contributed by atoms with E-state index in [1.807, 2.05) is 0 Å². The first-order valence-corrected chi connectivity index (χ1v) is 11.1. The SMILES string of the molecule is O=C(O)c1ccc(CC(=O)C2(O)CC(O)c3cc(-c4cc(Cl)ccc4-n4cnnn4)c[n+]([O-])c32)cc1. The molecule has 36 heavy (non-hydrogen) atoms. The molecule has 0 spiro atoms. The molecular formula is C24H18ClN5O6. The summed E-state index contributed by atoms with van der Waals surface area (Å²) in [5.74, 6) is -1.80. The van der Waals surface area contributed by atoms with E-state index in [-0.39, 0.29) is 23.2 Å². The Morgan fingerprint density at radius 3 is 2.61 bits per heavy atom. The van der Waals surface area contributed by atoms with Gasteiger partial charge in [0.15, 0.2) is 12.0 Å². The lowest BCUT2D eigenvalue weighted by molar-refractivity contribution is -0.620. The predicted octanol–water partition coefficient (Wildman–Crippen LogP) is 1.75. The molecular weight excluding hydrogens is 490 g/mol. The Bertz CT molecular complexity index is 1490. The zero-order chi connectivity index (χ0) is 25.6. The van der Waals surface area contributed by atoms with Gasteiger partial charge in [-0.2, -0.15) is 9.41 Å². The van der Waals surface area contributed by atoms with E-state index in [1.54, 1.807) is 18.2 Å². The van der Waals surface area contributed by atoms with Gasteiger partial charge >= 0.3 is 5.97 Å². The second-order valence-electron chi connectivity index (χ2n) is 8.46. The number of aliphatic hydroxyl groups is 2. The number of rotatable bonds is 6. The maximum absolute atomic E-state index is 13.2. The number of carbonyl (C=O) groups excluding carboxylic acids is 1. The summed E-state index contributed by atoms with van der Waals surface area (Å²) in [6, 6.07) is 12.1. The molecule has 0 amide bonds. The van der Waals surface area contributed by atoms with Gasteiger partial charge in [0.25, 0.3) is 0 Å². The lowest BCUT2D eigenvalue weighted by atomic mass is 9.90. The number of hydrogen-bond acceptors (Lipinski definition) is 8. The number of aromatic nitrogens is 5. The van der Waals surface area contributed by atoms with Crippen molar-refractivity contribution in [3.63, 3.8) is 0 Å². The molecule has 3 N–H and O–H groups in total. The molecule has 4 aromatic rings. The maximum atomic E-state index is 13.2. The standard InChI is InChI=1S/C24H18ClN5O6/c25-16-5-6-19(29-12-26-27-28-29)17(9-16)15-8-18-20(31)10-24(35,22(18)30(36)11-15)21(32)7-13-1-3-14(4-2-13)23(33)34/h1-6,8-9,11-12,20,31,35H,7,10H2,(H,33,34). The van der Waals surface area contributed by atoms with Crippen molar-refractivity contribution in [3.8, 4) is 16.8 Å². The third-order valence-electron chi connectivity index (χ3n) is 6.19. The van der Waals surface area contributed by atoms with Crippen LogP contribution in [0.25, 0.3) is 16.8 Å². The Balaban J connectivity index is 1.53. The summed E-state index contributed by atoms with van der Waals surface area (Å²) < 4.78 is 1.77. The molecule has 0 radical (unpaired) electrons. The fourth-order valence-corrected chi connectivity index (χ4v) is 4.63. The number of carboxylic acids is 1. The molecule has 2 unspecified atom stereocenters. The van der Waals surface area contributed by atoms with Crippen LogP contribution in [0.2, 0.25) is 5.02 Å². The van der Waals surface area contributed by atoms with Gasteiger partial charge < -0.3 is 20.5 Å². The van der Waals surface area contributed by atoms with Crippen molar-refractivity contribution in [2.24, 2.45) is 0 Å². The van der Waals surface area contributed by atoms with Gasteiger partial charge in [-0.25, -0.2) is 4.79 Å². The first-order chi connectivity index (χ1) is 17.2. The van der Waals surface area contributed by atoms with Crippen LogP contribution in [0.15, 0.2) is 61.1 Å². The van der Waals surface area contributed by atoms with Gasteiger partial charge in [-0.1, -0.05) is 23.7 Å². The van der Waals surface area contributed by atoms with E-state index in [2.05, 4.69) is 15.5 Å². The molecule has 0 saturated carbocycles. The van der Waals surface area contributed by atoms with Crippen LogP contribution < -0.4 is 4.73 Å². The van der Waals surface area contributed by atoms with E-state index in [4.69, 9.17) is 16.7 Å². The van der Waals surface area contributed by atoms with E-state index in [0.717, 1.165) is 0 Å². The highest BCUT2D eigenvalue weighted by atomic mass is 35.5. The molecule has 2 aromatic carbocycles. The number of carboxylic acid groups (broad SMARTS) is 1. The summed E-state index contributed by atoms with van der Waals surface area (Å²) >= 11 is 6.19. The Kier molecular flexibility index (Phi) is 5.75. The van der Waals surface area contributed by atoms with Crippen molar-refractivity contribution in [1.29, 1.82) is 0 Å². The van der Waals surface area contributed by atoms with Gasteiger partial charge in [0.2, 0.25) is 11.3 Å². The zero-order valence-electron chi connectivity index (χ0n) is 18.4. The van der Waals surface area contributed by atoms with E-state index in [0.29, 0.717) is 32.1 Å². The number of Topliss-reactive ketones (excluding diaryl/α,β-unsaturated/α-hetero) is 1. The van der Waals surface area contributed by atoms with Crippen LogP contribution in [-0.2, 0) is 16.8 Å². The van der Waals surface area contributed by atoms with E-state index in [9.17, 15) is 25.0 Å². The third kappa shape index (κ3) is 3.98. The number of fused-ring (bicyclic) bond motifs is 1. The smallest absolute Gasteiger partial charge is 0.335 e. The molecule has 2 aromatic heterocycles. The van der Waals surface area contributed by atoms with Crippen molar-refractivity contribution >= 4 is 23.4 Å². The van der Waals surface area contributed by atoms with Crippen LogP contribution in [0.5, 0.6) is 0 Å². The van der Waals surface area contributed by atoms with Crippen molar-refractivity contribution in [1.82, 2.24) is 20.2 Å². The van der Waals surface area contributed by atoms with Gasteiger partial charge in [0, 0.05) is 29.0 Å². The van der Waals surface area contributed by atoms with Crippen molar-refractivity contribution in [2.75, 3.05) is 0 Å². The average molecular weight is 508 g/mol. The molecule has 2 atom stereocenters. The van der Waals surface area contributed by atoms with E-state index >= 15 is 0 Å². The van der Waals surface area contributed by atoms with Gasteiger partial charge in [0.05, 0.1) is 22.9 Å². The first kappa shape index (κ1) is 23.5. The first-order valence-electron chi connectivity index (χ1n) is 10.7. The van der Waals surface area contributed by atoms with Gasteiger partial charge in [-0.15, -0.1) is 5.10 Å². The van der Waals surface area contributed by atoms with Crippen molar-refractivity contribution < 1.29 is 29.6 Å². The molecule has 5 rings (SSSR count). The highest BCUT2D eigenvalue weighted by Gasteiger charge is 2.54. The Morgan fingerprint density at radius 2 is 1.94 bits per heavy atom. The number of aromatic carboxylic acids is 1. The van der Waals surface area contributed by atoms with Gasteiger partial charge in [-0.3, -0.25) is 4.79 Å². The number of benzene rings is 2. The molecule has 11 nitrogen and oxygen atoms in total. The Labute approximate surface area is 208 Å². The molecule has 0 saturated heterocycles. The van der Waals surface area contributed by atoms with Crippen LogP contribution in [-0.4, -0.2) is 47.3 Å². The summed E-state index contributed by atoms with van der Waals surface area (Å²) in [7, 11) is 0. The quantitative estimate of drug-likeness (QED) is 0.260. The topological polar surface area (TPSA) is 165 Å². The van der Waals surface area contributed by atoms with Crippen molar-refractivity contribution in [2.45, 2.75) is 24.5 Å². The molecule has 1 aliphatic rings. The fraction of sp³-hybridized carbons (Fsp3) is 0.167. The minimum atomic E-state index is -2.23. The van der Waals surface area contributed by atoms with Crippen LogP contribution in [0.3, 0.4) is 0 Å². The number of carbonyl (C=O) groups is 2. The zero-order valence-corrected chi connectivity index (χ0v) is 19.2. The van der Waals surface area contributed by atoms with Crippen LogP contribution in [0.1, 0.15) is 39.7 Å². The van der Waals surface area contributed by atoms with Crippen molar-refractivity contribution in [3.05, 3.63) is 93.7 Å². The van der Waals surface area contributed by atoms with Crippen LogP contribution in [0.4, 0.5) is 0 Å². The largest absolute Gasteiger partial charge is 0.618 e. The summed E-state index contributed by atoms with van der Waals surface area (Å²) in [5, 5.41) is 55.8. The second kappa shape index (κ2) is 8.79. The highest BCUT2D eigenvalue weighted by Crippen LogP contribution is 2.44. The number of aliphatic hydroxyl groups excluding tert-OH is 1. The molecule has 2 heterocycles. The Morgan fingerprint density at radius 1 is 1.19 bits per heavy atom. The highest BCUT2D eigenvalue weighted by molar-refractivity contribution is 6.31. The Hall–Kier alpha value is -4.19. The second-order valence-corrected chi connectivity index (χ2v) is 8.89. The van der Waals surface area contributed by atoms with Crippen LogP contribution >= 0.6 is 11.6 Å². The number of nitrogens with zero attached hydrogens (tertiary/aromatic N) is 5. The third-order valence-corrected chi connectivity index (χ3v) is 6.43. The number of hydrogen-bond donors (Lipinski definition) is 3. The molecule has 1 aliphatic carbocycles. The van der Waals surface area contributed by atoms with Crippen LogP contribution in [0, 0.1) is 5.21 Å². The predicted molar refractivity (Wildman–Crippen MR) is 124 cm³/mol. The lowest BCUT2D eigenvalue weighted by Gasteiger charge is -2.21. The van der Waals surface area contributed by atoms with Gasteiger partial charge in [-0.05, 0) is 52.4 Å². The summed E-state index contributed by atoms with van der Waals surface area (Å²) in [4.78, 5) is 24.2. The fourth-order valence-electron chi connectivity index (χ4n) is 4.45. The number of tetrazole rings is 1. The maximum Gasteiger partial charge on any atom is 0.335 e. The lowest BCUT2D eigenvalue weighted by Crippen LogP contribution is -2.46. The molecule has 182 valence electrons. The average Bonchev–Trinajstić information content (AvgIpc) is 3.46.